The maximum atomic E-state index is 9.70. The zero-order chi connectivity index (χ0) is 12.3. The summed E-state index contributed by atoms with van der Waals surface area (Å²) in [6.45, 7) is 3.97. The van der Waals surface area contributed by atoms with Crippen molar-refractivity contribution in [3.8, 4) is 6.07 Å². The minimum atomic E-state index is -0.775. The number of aliphatic hydroxyl groups is 1. The molecule has 86 valence electrons. The molecular weight excluding hydrogens is 202 g/mol. The lowest BCUT2D eigenvalue weighted by atomic mass is 10.1. The molecule has 0 saturated carbocycles. The average Bonchev–Trinajstić information content (AvgIpc) is 2.15. The average molecular weight is 219 g/mol. The number of nitrogens with zero attached hydrogens (tertiary/aromatic N) is 2. The summed E-state index contributed by atoms with van der Waals surface area (Å²) in [6.07, 6.45) is 0. The van der Waals surface area contributed by atoms with Gasteiger partial charge in [-0.15, -0.1) is 0 Å². The van der Waals surface area contributed by atoms with Crippen LogP contribution in [0.3, 0.4) is 0 Å². The Morgan fingerprint density at radius 1 is 1.50 bits per heavy atom. The number of anilines is 2. The first-order chi connectivity index (χ1) is 7.33. The second-order valence-electron chi connectivity index (χ2n) is 4.55. The molecule has 16 heavy (non-hydrogen) atoms. The van der Waals surface area contributed by atoms with Crippen LogP contribution in [0.25, 0.3) is 0 Å². The van der Waals surface area contributed by atoms with E-state index in [0.717, 1.165) is 5.69 Å². The van der Waals surface area contributed by atoms with Crippen molar-refractivity contribution < 1.29 is 5.11 Å². The normalized spacial score (nSPS) is 10.9. The van der Waals surface area contributed by atoms with Crippen LogP contribution in [-0.2, 0) is 0 Å². The molecule has 0 saturated heterocycles. The highest BCUT2D eigenvalue weighted by Crippen LogP contribution is 2.21. The van der Waals surface area contributed by atoms with Crippen LogP contribution >= 0.6 is 0 Å². The van der Waals surface area contributed by atoms with Gasteiger partial charge in [-0.1, -0.05) is 0 Å². The number of rotatable bonds is 3. The van der Waals surface area contributed by atoms with Crippen molar-refractivity contribution in [2.24, 2.45) is 0 Å². The molecule has 0 aliphatic heterocycles. The first-order valence-corrected chi connectivity index (χ1v) is 5.06. The van der Waals surface area contributed by atoms with Crippen LogP contribution in [0.5, 0.6) is 0 Å². The number of nitrogens with two attached hydrogens (primary N) is 1. The van der Waals surface area contributed by atoms with Crippen LogP contribution in [-0.4, -0.2) is 24.3 Å². The van der Waals surface area contributed by atoms with E-state index in [1.807, 2.05) is 24.1 Å². The fraction of sp³-hybridized carbons (Fsp3) is 0.417. The monoisotopic (exact) mass is 219 g/mol. The van der Waals surface area contributed by atoms with Gasteiger partial charge in [-0.25, -0.2) is 0 Å². The van der Waals surface area contributed by atoms with Crippen LogP contribution in [0.1, 0.15) is 19.4 Å². The number of likely N-dealkylation sites (N-methyl/N-ethyl adjacent to an activating group) is 1. The van der Waals surface area contributed by atoms with Gasteiger partial charge in [-0.2, -0.15) is 5.26 Å². The Morgan fingerprint density at radius 2 is 2.12 bits per heavy atom. The minimum Gasteiger partial charge on any atom is -0.398 e. The number of hydrogen-bond donors (Lipinski definition) is 2. The first-order valence-electron chi connectivity index (χ1n) is 5.06. The Bertz CT molecular complexity index is 415. The lowest BCUT2D eigenvalue weighted by Gasteiger charge is -2.27. The van der Waals surface area contributed by atoms with Crippen molar-refractivity contribution in [3.05, 3.63) is 23.8 Å². The summed E-state index contributed by atoms with van der Waals surface area (Å²) in [5.74, 6) is 0. The summed E-state index contributed by atoms with van der Waals surface area (Å²) in [5.41, 5.74) is 6.66. The number of nitrogen functional groups attached to an aromatic ring is 1. The third-order valence-electron chi connectivity index (χ3n) is 2.22. The molecule has 0 fully saturated rings. The molecule has 4 heteroatoms. The van der Waals surface area contributed by atoms with Crippen LogP contribution < -0.4 is 10.6 Å². The SMILES string of the molecule is CN(CC(C)(C)O)c1ccc(N)c(C#N)c1. The summed E-state index contributed by atoms with van der Waals surface area (Å²) in [7, 11) is 1.87. The van der Waals surface area contributed by atoms with E-state index in [1.54, 1.807) is 26.0 Å². The van der Waals surface area contributed by atoms with Crippen molar-refractivity contribution in [2.45, 2.75) is 19.4 Å². The topological polar surface area (TPSA) is 73.3 Å². The number of benzene rings is 1. The molecule has 0 aliphatic rings. The molecule has 1 rings (SSSR count). The molecule has 0 spiro atoms. The molecule has 1 aromatic rings. The third kappa shape index (κ3) is 3.14. The molecule has 0 bridgehead atoms. The fourth-order valence-electron chi connectivity index (χ4n) is 1.55. The highest BCUT2D eigenvalue weighted by Gasteiger charge is 2.16. The molecule has 0 atom stereocenters. The molecule has 1 aromatic carbocycles. The molecule has 0 heterocycles. The summed E-state index contributed by atoms with van der Waals surface area (Å²) < 4.78 is 0. The van der Waals surface area contributed by atoms with E-state index >= 15 is 0 Å². The van der Waals surface area contributed by atoms with Crippen molar-refractivity contribution in [3.63, 3.8) is 0 Å². The lowest BCUT2D eigenvalue weighted by Crippen LogP contribution is -2.36. The van der Waals surface area contributed by atoms with E-state index in [9.17, 15) is 5.11 Å². The van der Waals surface area contributed by atoms with E-state index < -0.39 is 5.60 Å². The molecule has 0 radical (unpaired) electrons. The van der Waals surface area contributed by atoms with Crippen LogP contribution in [0.2, 0.25) is 0 Å². The van der Waals surface area contributed by atoms with E-state index in [0.29, 0.717) is 17.8 Å². The zero-order valence-electron chi connectivity index (χ0n) is 9.86. The molecule has 4 nitrogen and oxygen atoms in total. The molecule has 3 N–H and O–H groups in total. The number of nitriles is 1. The van der Waals surface area contributed by atoms with Gasteiger partial charge in [0.15, 0.2) is 0 Å². The van der Waals surface area contributed by atoms with Gasteiger partial charge in [-0.3, -0.25) is 0 Å². The largest absolute Gasteiger partial charge is 0.398 e. The lowest BCUT2D eigenvalue weighted by molar-refractivity contribution is 0.0886. The van der Waals surface area contributed by atoms with Gasteiger partial charge < -0.3 is 15.7 Å². The molecule has 0 aromatic heterocycles. The van der Waals surface area contributed by atoms with Gasteiger partial charge in [0.05, 0.1) is 11.2 Å². The summed E-state index contributed by atoms with van der Waals surface area (Å²) in [4.78, 5) is 1.89. The Balaban J connectivity index is 2.93. The second-order valence-corrected chi connectivity index (χ2v) is 4.55. The summed E-state index contributed by atoms with van der Waals surface area (Å²) in [6, 6.07) is 7.30. The van der Waals surface area contributed by atoms with Crippen molar-refractivity contribution in [2.75, 3.05) is 24.2 Å². The fourth-order valence-corrected chi connectivity index (χ4v) is 1.55. The Morgan fingerprint density at radius 3 is 2.62 bits per heavy atom. The molecule has 0 unspecified atom stereocenters. The molecule has 0 aliphatic carbocycles. The highest BCUT2D eigenvalue weighted by molar-refractivity contribution is 5.62. The van der Waals surface area contributed by atoms with Crippen molar-refractivity contribution in [1.29, 1.82) is 5.26 Å². The Labute approximate surface area is 95.9 Å². The highest BCUT2D eigenvalue weighted by atomic mass is 16.3. The van der Waals surface area contributed by atoms with Crippen LogP contribution in [0.15, 0.2) is 18.2 Å². The van der Waals surface area contributed by atoms with E-state index in [1.165, 1.54) is 0 Å². The summed E-state index contributed by atoms with van der Waals surface area (Å²) >= 11 is 0. The minimum absolute atomic E-state index is 0.458. The maximum absolute atomic E-state index is 9.70. The number of hydrogen-bond acceptors (Lipinski definition) is 4. The van der Waals surface area contributed by atoms with E-state index in [-0.39, 0.29) is 0 Å². The van der Waals surface area contributed by atoms with Crippen molar-refractivity contribution >= 4 is 11.4 Å². The van der Waals surface area contributed by atoms with Gasteiger partial charge in [-0.05, 0) is 32.0 Å². The van der Waals surface area contributed by atoms with Crippen molar-refractivity contribution in [1.82, 2.24) is 0 Å². The first kappa shape index (κ1) is 12.3. The zero-order valence-corrected chi connectivity index (χ0v) is 9.86. The second kappa shape index (κ2) is 4.42. The molecular formula is C12H17N3O. The standard InChI is InChI=1S/C12H17N3O/c1-12(2,16)8-15(3)10-4-5-11(14)9(6-10)7-13/h4-6,16H,8,14H2,1-3H3. The quantitative estimate of drug-likeness (QED) is 0.752. The van der Waals surface area contributed by atoms with Gasteiger partial charge in [0.1, 0.15) is 6.07 Å². The Hall–Kier alpha value is -1.73. The predicted octanol–water partition coefficient (Wildman–Crippen LogP) is 1.35. The Kier molecular flexibility index (Phi) is 3.41. The van der Waals surface area contributed by atoms with Gasteiger partial charge in [0, 0.05) is 25.0 Å². The summed E-state index contributed by atoms with van der Waals surface area (Å²) in [5, 5.41) is 18.6. The maximum Gasteiger partial charge on any atom is 0.101 e. The predicted molar refractivity (Wildman–Crippen MR) is 65.1 cm³/mol. The van der Waals surface area contributed by atoms with Crippen LogP contribution in [0.4, 0.5) is 11.4 Å². The smallest absolute Gasteiger partial charge is 0.101 e. The molecule has 0 amide bonds. The van der Waals surface area contributed by atoms with E-state index in [2.05, 4.69) is 0 Å². The van der Waals surface area contributed by atoms with Gasteiger partial charge in [0.25, 0.3) is 0 Å². The van der Waals surface area contributed by atoms with Gasteiger partial charge in [0.2, 0.25) is 0 Å². The third-order valence-corrected chi connectivity index (χ3v) is 2.22. The van der Waals surface area contributed by atoms with E-state index in [4.69, 9.17) is 11.0 Å². The van der Waals surface area contributed by atoms with Crippen LogP contribution in [0, 0.1) is 11.3 Å². The van der Waals surface area contributed by atoms with Gasteiger partial charge >= 0.3 is 0 Å².